The van der Waals surface area contributed by atoms with E-state index in [0.717, 1.165) is 22.6 Å². The van der Waals surface area contributed by atoms with E-state index < -0.39 is 43.7 Å². The van der Waals surface area contributed by atoms with Crippen LogP contribution in [0.2, 0.25) is 0 Å². The molecule has 3 nitrogen and oxygen atoms in total. The van der Waals surface area contributed by atoms with Crippen LogP contribution in [0, 0.1) is 11.8 Å². The lowest BCUT2D eigenvalue weighted by Crippen LogP contribution is -2.63. The number of benzene rings is 2. The van der Waals surface area contributed by atoms with Gasteiger partial charge in [0.1, 0.15) is 0 Å². The lowest BCUT2D eigenvalue weighted by atomic mass is 9.70. The van der Waals surface area contributed by atoms with Crippen LogP contribution in [0.5, 0.6) is 0 Å². The highest BCUT2D eigenvalue weighted by Gasteiger charge is 2.86. The van der Waals surface area contributed by atoms with Gasteiger partial charge in [-0.25, -0.2) is 3.63 Å². The Morgan fingerprint density at radius 1 is 0.780 bits per heavy atom. The highest BCUT2D eigenvalue weighted by Crippen LogP contribution is 2.65. The van der Waals surface area contributed by atoms with Gasteiger partial charge in [0.05, 0.1) is 0 Å². The summed E-state index contributed by atoms with van der Waals surface area (Å²) in [5, 5.41) is -5.04. The molecule has 1 aliphatic heterocycles. The van der Waals surface area contributed by atoms with Gasteiger partial charge in [-0.15, -0.1) is 11.8 Å². The van der Waals surface area contributed by atoms with Crippen LogP contribution in [0.15, 0.2) is 46.2 Å². The Labute approximate surface area is 237 Å². The zero-order valence-electron chi connectivity index (χ0n) is 21.4. The Kier molecular flexibility index (Phi) is 7.89. The Morgan fingerprint density at radius 3 is 1.93 bits per heavy atom. The molecule has 3 aliphatic carbocycles. The van der Waals surface area contributed by atoms with Crippen molar-refractivity contribution in [1.29, 1.82) is 0 Å². The van der Waals surface area contributed by atoms with Gasteiger partial charge in [-0.1, -0.05) is 35.3 Å². The first-order chi connectivity index (χ1) is 18.9. The van der Waals surface area contributed by atoms with Crippen molar-refractivity contribution in [2.45, 2.75) is 83.3 Å². The number of hydrogen-bond acceptors (Lipinski definition) is 4. The molecule has 1 unspecified atom stereocenters. The molecule has 2 bridgehead atoms. The summed E-state index contributed by atoms with van der Waals surface area (Å²) >= 11 is 1.79. The quantitative estimate of drug-likeness (QED) is 0.267. The molecule has 1 atom stereocenters. The molecule has 4 aliphatic rings. The molecule has 2 aromatic carbocycles. The summed E-state index contributed by atoms with van der Waals surface area (Å²) in [6.07, 6.45) is -0.526. The molecule has 6 rings (SSSR count). The minimum absolute atomic E-state index is 0.0952. The molecule has 0 N–H and O–H groups in total. The second kappa shape index (κ2) is 10.4. The van der Waals surface area contributed by atoms with Gasteiger partial charge in [-0.2, -0.15) is 47.9 Å². The highest BCUT2D eigenvalue weighted by molar-refractivity contribution is 8.33. The minimum atomic E-state index is -7.34. The maximum atomic E-state index is 14.5. The van der Waals surface area contributed by atoms with Crippen molar-refractivity contribution in [3.05, 3.63) is 36.4 Å². The van der Waals surface area contributed by atoms with Crippen LogP contribution in [0.1, 0.15) is 44.9 Å². The number of hydrogen-bond donors (Lipinski definition) is 0. The SMILES string of the molecule is O=S(=O)(OS1(c2ccc3cc(SC4CC5CCC4CC5)ccc3c2)CCCC1)C(F)(F)C(F)(F)C(F)(F)C(F)(F)F. The summed E-state index contributed by atoms with van der Waals surface area (Å²) in [7, 11) is -10.2. The van der Waals surface area contributed by atoms with Crippen LogP contribution in [0.25, 0.3) is 10.8 Å². The third-order valence-electron chi connectivity index (χ3n) is 8.33. The fraction of sp³-hybridized carbons (Fsp3) is 0.615. The van der Waals surface area contributed by atoms with E-state index in [-0.39, 0.29) is 29.2 Å². The maximum Gasteiger partial charge on any atom is 0.460 e. The second-order valence-corrected chi connectivity index (χ2v) is 17.1. The smallest absolute Gasteiger partial charge is 0.211 e. The number of fused-ring (bicyclic) bond motifs is 4. The molecule has 1 saturated heterocycles. The van der Waals surface area contributed by atoms with Gasteiger partial charge in [-0.05, 0) is 79.0 Å². The molecular weight excluding hydrogens is 627 g/mol. The molecule has 15 heteroatoms. The van der Waals surface area contributed by atoms with Crippen molar-refractivity contribution in [3.63, 3.8) is 0 Å². The predicted octanol–water partition coefficient (Wildman–Crippen LogP) is 9.15. The van der Waals surface area contributed by atoms with Crippen LogP contribution in [0.4, 0.5) is 39.5 Å². The standard InChI is InChI=1S/C26H27F9O3S3/c27-23(28,25(31,32)33)24(29,30)26(34,35)41(36,37)38-40(11-1-2-12-40)21-10-8-18-14-20(9-7-19(18)15-21)39-22-13-16-3-5-17(22)6-4-16/h7-10,14-17,22H,1-6,11-13H2. The lowest BCUT2D eigenvalue weighted by molar-refractivity contribution is -0.382. The van der Waals surface area contributed by atoms with Gasteiger partial charge in [-0.3, -0.25) is 0 Å². The lowest BCUT2D eigenvalue weighted by Gasteiger charge is -2.42. The largest absolute Gasteiger partial charge is 0.460 e. The van der Waals surface area contributed by atoms with Crippen molar-refractivity contribution in [3.8, 4) is 0 Å². The van der Waals surface area contributed by atoms with E-state index in [4.69, 9.17) is 0 Å². The monoisotopic (exact) mass is 654 g/mol. The summed E-state index contributed by atoms with van der Waals surface area (Å²) in [6, 6.07) is 10.1. The zero-order chi connectivity index (χ0) is 30.1. The summed E-state index contributed by atoms with van der Waals surface area (Å²) in [6.45, 7) is 0. The van der Waals surface area contributed by atoms with Gasteiger partial charge in [0, 0.05) is 26.5 Å². The van der Waals surface area contributed by atoms with E-state index >= 15 is 0 Å². The molecule has 3 saturated carbocycles. The molecule has 2 aromatic rings. The van der Waals surface area contributed by atoms with Crippen molar-refractivity contribution in [2.24, 2.45) is 11.8 Å². The normalized spacial score (nSPS) is 26.4. The second-order valence-electron chi connectivity index (χ2n) is 11.0. The molecule has 4 fully saturated rings. The fourth-order valence-electron chi connectivity index (χ4n) is 5.99. The van der Waals surface area contributed by atoms with E-state index in [0.29, 0.717) is 16.6 Å². The molecule has 1 heterocycles. The number of thioether (sulfide) groups is 1. The van der Waals surface area contributed by atoms with Gasteiger partial charge in [0.15, 0.2) is 0 Å². The average molecular weight is 655 g/mol. The molecule has 0 aromatic heterocycles. The third kappa shape index (κ3) is 5.24. The first-order valence-electron chi connectivity index (χ1n) is 13.1. The van der Waals surface area contributed by atoms with E-state index in [9.17, 15) is 47.9 Å². The predicted molar refractivity (Wildman–Crippen MR) is 139 cm³/mol. The van der Waals surface area contributed by atoms with Crippen LogP contribution in [0.3, 0.4) is 0 Å². The van der Waals surface area contributed by atoms with Crippen molar-refractivity contribution < 1.29 is 51.6 Å². The van der Waals surface area contributed by atoms with Gasteiger partial charge in [0.2, 0.25) is 0 Å². The Hall–Kier alpha value is -1.32. The number of rotatable bonds is 8. The Bertz CT molecular complexity index is 1400. The molecule has 230 valence electrons. The van der Waals surface area contributed by atoms with Crippen LogP contribution in [-0.2, 0) is 13.7 Å². The molecule has 0 amide bonds. The molecule has 41 heavy (non-hydrogen) atoms. The first-order valence-corrected chi connectivity index (χ1v) is 17.2. The number of halogens is 9. The zero-order valence-corrected chi connectivity index (χ0v) is 23.9. The van der Waals surface area contributed by atoms with Gasteiger partial charge < -0.3 is 0 Å². The van der Waals surface area contributed by atoms with Gasteiger partial charge in [0.25, 0.3) is 0 Å². The average Bonchev–Trinajstić information content (AvgIpc) is 3.37. The maximum absolute atomic E-state index is 14.5. The first kappa shape index (κ1) is 31.1. The Morgan fingerprint density at radius 2 is 1.37 bits per heavy atom. The summed E-state index contributed by atoms with van der Waals surface area (Å²) in [4.78, 5) is 1.12. The van der Waals surface area contributed by atoms with E-state index in [2.05, 4.69) is 3.63 Å². The van der Waals surface area contributed by atoms with E-state index in [1.165, 1.54) is 37.8 Å². The molecular formula is C26H27F9O3S3. The summed E-state index contributed by atoms with van der Waals surface area (Å²) < 4.78 is 151. The van der Waals surface area contributed by atoms with Crippen molar-refractivity contribution >= 4 is 43.0 Å². The summed E-state index contributed by atoms with van der Waals surface area (Å²) in [5.74, 6) is -13.6. The van der Waals surface area contributed by atoms with Crippen LogP contribution in [-0.4, -0.2) is 48.4 Å². The summed E-state index contributed by atoms with van der Waals surface area (Å²) in [5.41, 5.74) is 0. The molecule has 0 spiro atoms. The minimum Gasteiger partial charge on any atom is -0.211 e. The van der Waals surface area contributed by atoms with Crippen molar-refractivity contribution in [2.75, 3.05) is 11.5 Å². The van der Waals surface area contributed by atoms with Crippen molar-refractivity contribution in [1.82, 2.24) is 0 Å². The fourth-order valence-corrected chi connectivity index (χ4v) is 13.2. The van der Waals surface area contributed by atoms with Crippen LogP contribution >= 0.6 is 22.1 Å². The van der Waals surface area contributed by atoms with Gasteiger partial charge >= 0.3 is 33.4 Å². The van der Waals surface area contributed by atoms with E-state index in [1.54, 1.807) is 23.9 Å². The Balaban J connectivity index is 1.42. The highest BCUT2D eigenvalue weighted by atomic mass is 32.3. The van der Waals surface area contributed by atoms with E-state index in [1.807, 2.05) is 12.1 Å². The molecule has 0 radical (unpaired) electrons. The van der Waals surface area contributed by atoms with Crippen LogP contribution < -0.4 is 0 Å². The third-order valence-corrected chi connectivity index (χ3v) is 15.4. The topological polar surface area (TPSA) is 43.4 Å². The number of alkyl halides is 9.